The van der Waals surface area contributed by atoms with Gasteiger partial charge in [0.05, 0.1) is 12.2 Å². The molecule has 2 saturated heterocycles. The van der Waals surface area contributed by atoms with Crippen LogP contribution < -0.4 is 5.32 Å². The van der Waals surface area contributed by atoms with E-state index in [0.29, 0.717) is 6.04 Å². The Labute approximate surface area is 86.8 Å². The van der Waals surface area contributed by atoms with Crippen molar-refractivity contribution in [2.75, 3.05) is 32.8 Å². The largest absolute Gasteiger partial charge is 0.372 e. The summed E-state index contributed by atoms with van der Waals surface area (Å²) >= 11 is 0. The van der Waals surface area contributed by atoms with Gasteiger partial charge in [0.2, 0.25) is 0 Å². The van der Waals surface area contributed by atoms with Gasteiger partial charge in [-0.15, -0.1) is 0 Å². The summed E-state index contributed by atoms with van der Waals surface area (Å²) in [4.78, 5) is 2.55. The van der Waals surface area contributed by atoms with Crippen LogP contribution in [0, 0.1) is 0 Å². The molecule has 0 aliphatic carbocycles. The highest BCUT2D eigenvalue weighted by atomic mass is 16.5. The van der Waals surface area contributed by atoms with Crippen molar-refractivity contribution in [3.05, 3.63) is 0 Å². The molecule has 1 N–H and O–H groups in total. The zero-order valence-electron chi connectivity index (χ0n) is 9.38. The molecule has 0 aromatic carbocycles. The molecule has 14 heavy (non-hydrogen) atoms. The van der Waals surface area contributed by atoms with Gasteiger partial charge in [0, 0.05) is 19.1 Å². The van der Waals surface area contributed by atoms with Gasteiger partial charge in [-0.05, 0) is 39.8 Å². The molecule has 2 aliphatic heterocycles. The highest BCUT2D eigenvalue weighted by molar-refractivity contribution is 4.92. The minimum absolute atomic E-state index is 0.174. The predicted octanol–water partition coefficient (Wildman–Crippen LogP) is 0.849. The second kappa shape index (κ2) is 4.17. The molecule has 3 nitrogen and oxygen atoms in total. The fourth-order valence-electron chi connectivity index (χ4n) is 2.50. The van der Waals surface area contributed by atoms with Crippen LogP contribution in [0.4, 0.5) is 0 Å². The van der Waals surface area contributed by atoms with Crippen LogP contribution in [0.1, 0.15) is 26.7 Å². The molecule has 0 radical (unpaired) electrons. The third-order valence-electron chi connectivity index (χ3n) is 3.52. The number of hydrogen-bond acceptors (Lipinski definition) is 3. The normalized spacial score (nSPS) is 28.5. The van der Waals surface area contributed by atoms with Gasteiger partial charge in [0.1, 0.15) is 0 Å². The van der Waals surface area contributed by atoms with E-state index in [1.807, 2.05) is 0 Å². The second-order valence-electron chi connectivity index (χ2n) is 4.85. The number of nitrogens with one attached hydrogen (secondary N) is 1. The van der Waals surface area contributed by atoms with Crippen molar-refractivity contribution in [2.45, 2.75) is 38.3 Å². The van der Waals surface area contributed by atoms with Crippen LogP contribution in [0.3, 0.4) is 0 Å². The first-order chi connectivity index (χ1) is 6.72. The van der Waals surface area contributed by atoms with Gasteiger partial charge in [-0.1, -0.05) is 0 Å². The Hall–Kier alpha value is -0.120. The lowest BCUT2D eigenvalue weighted by Crippen LogP contribution is -2.57. The zero-order valence-corrected chi connectivity index (χ0v) is 9.38. The lowest BCUT2D eigenvalue weighted by atomic mass is 9.90. The fraction of sp³-hybridized carbons (Fsp3) is 1.00. The molecule has 2 fully saturated rings. The van der Waals surface area contributed by atoms with E-state index in [-0.39, 0.29) is 5.60 Å². The summed E-state index contributed by atoms with van der Waals surface area (Å²) in [5.74, 6) is 0. The first-order valence-corrected chi connectivity index (χ1v) is 5.81. The Bertz CT molecular complexity index is 182. The Kier molecular flexibility index (Phi) is 3.10. The SMILES string of the molecule is CC(C)N1CCOC2(CCNCC2)C1. The number of rotatable bonds is 1. The molecule has 82 valence electrons. The summed E-state index contributed by atoms with van der Waals surface area (Å²) < 4.78 is 6.01. The molecule has 0 aromatic heterocycles. The molecule has 2 rings (SSSR count). The summed E-state index contributed by atoms with van der Waals surface area (Å²) in [5.41, 5.74) is 0.174. The standard InChI is InChI=1S/C11H22N2O/c1-10(2)13-7-8-14-11(9-13)3-5-12-6-4-11/h10,12H,3-9H2,1-2H3. The van der Waals surface area contributed by atoms with Crippen LogP contribution in [0.2, 0.25) is 0 Å². The molecule has 0 saturated carbocycles. The van der Waals surface area contributed by atoms with E-state index in [0.717, 1.165) is 32.8 Å². The van der Waals surface area contributed by atoms with Crippen molar-refractivity contribution < 1.29 is 4.74 Å². The van der Waals surface area contributed by atoms with Crippen LogP contribution in [-0.4, -0.2) is 49.3 Å². The Morgan fingerprint density at radius 3 is 2.64 bits per heavy atom. The van der Waals surface area contributed by atoms with Crippen molar-refractivity contribution in [1.82, 2.24) is 10.2 Å². The van der Waals surface area contributed by atoms with E-state index in [4.69, 9.17) is 4.74 Å². The maximum Gasteiger partial charge on any atom is 0.0833 e. The van der Waals surface area contributed by atoms with Crippen LogP contribution in [0.5, 0.6) is 0 Å². The fourth-order valence-corrected chi connectivity index (χ4v) is 2.50. The summed E-state index contributed by atoms with van der Waals surface area (Å²) in [7, 11) is 0. The van der Waals surface area contributed by atoms with Gasteiger partial charge >= 0.3 is 0 Å². The predicted molar refractivity (Wildman–Crippen MR) is 57.5 cm³/mol. The lowest BCUT2D eigenvalue weighted by Gasteiger charge is -2.46. The molecule has 2 aliphatic rings. The first-order valence-electron chi connectivity index (χ1n) is 5.81. The molecule has 0 amide bonds. The van der Waals surface area contributed by atoms with Crippen molar-refractivity contribution >= 4 is 0 Å². The average Bonchev–Trinajstić information content (AvgIpc) is 2.19. The lowest BCUT2D eigenvalue weighted by molar-refractivity contribution is -0.129. The summed E-state index contributed by atoms with van der Waals surface area (Å²) in [5, 5.41) is 3.40. The van der Waals surface area contributed by atoms with Crippen molar-refractivity contribution in [1.29, 1.82) is 0 Å². The molecule has 3 heteroatoms. The third-order valence-corrected chi connectivity index (χ3v) is 3.52. The van der Waals surface area contributed by atoms with E-state index < -0.39 is 0 Å². The average molecular weight is 198 g/mol. The smallest absolute Gasteiger partial charge is 0.0833 e. The summed E-state index contributed by atoms with van der Waals surface area (Å²) in [6.07, 6.45) is 2.35. The first kappa shape index (κ1) is 10.4. The van der Waals surface area contributed by atoms with Gasteiger partial charge in [-0.3, -0.25) is 4.90 Å². The minimum Gasteiger partial charge on any atom is -0.372 e. The Morgan fingerprint density at radius 2 is 2.00 bits per heavy atom. The van der Waals surface area contributed by atoms with Crippen LogP contribution >= 0.6 is 0 Å². The maximum absolute atomic E-state index is 6.01. The summed E-state index contributed by atoms with van der Waals surface area (Å²) in [6, 6.07) is 0.658. The number of nitrogens with zero attached hydrogens (tertiary/aromatic N) is 1. The summed E-state index contributed by atoms with van der Waals surface area (Å²) in [6.45, 7) is 9.94. The van der Waals surface area contributed by atoms with Gasteiger partial charge in [-0.2, -0.15) is 0 Å². The van der Waals surface area contributed by atoms with E-state index in [2.05, 4.69) is 24.1 Å². The molecular weight excluding hydrogens is 176 g/mol. The molecular formula is C11H22N2O. The molecule has 0 aromatic rings. The molecule has 1 spiro atoms. The molecule has 2 heterocycles. The van der Waals surface area contributed by atoms with E-state index >= 15 is 0 Å². The second-order valence-corrected chi connectivity index (χ2v) is 4.85. The Balaban J connectivity index is 1.97. The highest BCUT2D eigenvalue weighted by Gasteiger charge is 2.38. The minimum atomic E-state index is 0.174. The van der Waals surface area contributed by atoms with E-state index in [1.165, 1.54) is 12.8 Å². The maximum atomic E-state index is 6.01. The molecule has 0 atom stereocenters. The monoisotopic (exact) mass is 198 g/mol. The van der Waals surface area contributed by atoms with Crippen LogP contribution in [0.25, 0.3) is 0 Å². The molecule has 0 unspecified atom stereocenters. The highest BCUT2D eigenvalue weighted by Crippen LogP contribution is 2.28. The van der Waals surface area contributed by atoms with Gasteiger partial charge < -0.3 is 10.1 Å². The Morgan fingerprint density at radius 1 is 1.29 bits per heavy atom. The number of hydrogen-bond donors (Lipinski definition) is 1. The van der Waals surface area contributed by atoms with Crippen molar-refractivity contribution in [3.8, 4) is 0 Å². The molecule has 0 bridgehead atoms. The third kappa shape index (κ3) is 2.10. The van der Waals surface area contributed by atoms with E-state index in [9.17, 15) is 0 Å². The quantitative estimate of drug-likeness (QED) is 0.676. The number of piperidine rings is 1. The van der Waals surface area contributed by atoms with E-state index in [1.54, 1.807) is 0 Å². The van der Waals surface area contributed by atoms with Gasteiger partial charge in [0.25, 0.3) is 0 Å². The van der Waals surface area contributed by atoms with Crippen molar-refractivity contribution in [2.24, 2.45) is 0 Å². The topological polar surface area (TPSA) is 24.5 Å². The van der Waals surface area contributed by atoms with Gasteiger partial charge in [-0.25, -0.2) is 0 Å². The zero-order chi connectivity index (χ0) is 10.0. The number of morpholine rings is 1. The van der Waals surface area contributed by atoms with Crippen LogP contribution in [0.15, 0.2) is 0 Å². The van der Waals surface area contributed by atoms with Crippen LogP contribution in [-0.2, 0) is 4.74 Å². The number of ether oxygens (including phenoxy) is 1. The van der Waals surface area contributed by atoms with Gasteiger partial charge in [0.15, 0.2) is 0 Å². The van der Waals surface area contributed by atoms with Crippen molar-refractivity contribution in [3.63, 3.8) is 0 Å².